The second kappa shape index (κ2) is 10.8. The number of nitro groups is 1. The van der Waals surface area contributed by atoms with Gasteiger partial charge in [-0.2, -0.15) is 0 Å². The molecule has 26 heavy (non-hydrogen) atoms. The number of carbonyl (C=O) groups excluding carboxylic acids is 2. The lowest BCUT2D eigenvalue weighted by molar-refractivity contribution is -0.384. The standard InChI is InChI=1S/C17H25N3O5S/c1-5-26-17(22)19-16(21)15(11(2)3)18-12(4)10-25-14-8-6-13(7-9-14)20(23)24/h6-9,11-12,15,18H,5,10H2,1-4H3,(H,19,21,22)/t12?,15-/m0/s1. The molecular weight excluding hydrogens is 358 g/mol. The summed E-state index contributed by atoms with van der Waals surface area (Å²) in [5.74, 6) is 0.715. The SMILES string of the molecule is CCSC(=O)NC(=O)[C@@H](NC(C)COc1ccc([N+](=O)[O-])cc1)C(C)C. The summed E-state index contributed by atoms with van der Waals surface area (Å²) in [4.78, 5) is 34.0. The average molecular weight is 383 g/mol. The van der Waals surface area contributed by atoms with Gasteiger partial charge in [-0.3, -0.25) is 30.3 Å². The zero-order valence-electron chi connectivity index (χ0n) is 15.4. The number of nitro benzene ring substituents is 1. The van der Waals surface area contributed by atoms with Crippen molar-refractivity contribution in [3.05, 3.63) is 34.4 Å². The molecule has 0 spiro atoms. The molecule has 0 aromatic heterocycles. The molecule has 0 saturated carbocycles. The number of thioether (sulfide) groups is 1. The maximum atomic E-state index is 12.3. The molecule has 0 heterocycles. The van der Waals surface area contributed by atoms with Gasteiger partial charge in [0.2, 0.25) is 5.91 Å². The number of amides is 2. The van der Waals surface area contributed by atoms with Gasteiger partial charge in [0.25, 0.3) is 10.9 Å². The first kappa shape index (κ1) is 21.9. The summed E-state index contributed by atoms with van der Waals surface area (Å²) < 4.78 is 5.59. The molecule has 0 fully saturated rings. The average Bonchev–Trinajstić information content (AvgIpc) is 2.57. The molecular formula is C17H25N3O5S. The Morgan fingerprint density at radius 3 is 2.35 bits per heavy atom. The van der Waals surface area contributed by atoms with Crippen molar-refractivity contribution >= 4 is 28.6 Å². The molecule has 0 radical (unpaired) electrons. The predicted molar refractivity (Wildman–Crippen MR) is 101 cm³/mol. The molecule has 0 aliphatic rings. The minimum Gasteiger partial charge on any atom is -0.492 e. The Hall–Kier alpha value is -2.13. The van der Waals surface area contributed by atoms with Crippen LogP contribution in [0.2, 0.25) is 0 Å². The van der Waals surface area contributed by atoms with Gasteiger partial charge >= 0.3 is 0 Å². The number of hydrogen-bond donors (Lipinski definition) is 2. The van der Waals surface area contributed by atoms with E-state index in [4.69, 9.17) is 4.74 Å². The van der Waals surface area contributed by atoms with Crippen molar-refractivity contribution in [3.63, 3.8) is 0 Å². The van der Waals surface area contributed by atoms with Crippen LogP contribution in [0.4, 0.5) is 10.5 Å². The zero-order valence-corrected chi connectivity index (χ0v) is 16.2. The van der Waals surface area contributed by atoms with E-state index in [1.807, 2.05) is 27.7 Å². The monoisotopic (exact) mass is 383 g/mol. The third-order valence-corrected chi connectivity index (χ3v) is 4.11. The van der Waals surface area contributed by atoms with Gasteiger partial charge in [0.05, 0.1) is 11.0 Å². The highest BCUT2D eigenvalue weighted by molar-refractivity contribution is 8.13. The van der Waals surface area contributed by atoms with E-state index >= 15 is 0 Å². The van der Waals surface area contributed by atoms with Crippen molar-refractivity contribution in [2.75, 3.05) is 12.4 Å². The predicted octanol–water partition coefficient (Wildman–Crippen LogP) is 2.97. The van der Waals surface area contributed by atoms with E-state index in [-0.39, 0.29) is 35.4 Å². The highest BCUT2D eigenvalue weighted by atomic mass is 32.2. The largest absolute Gasteiger partial charge is 0.492 e. The lowest BCUT2D eigenvalue weighted by Gasteiger charge is -2.25. The molecule has 2 N–H and O–H groups in total. The fraction of sp³-hybridized carbons (Fsp3) is 0.529. The molecule has 2 amide bonds. The highest BCUT2D eigenvalue weighted by Gasteiger charge is 2.25. The fourth-order valence-electron chi connectivity index (χ4n) is 2.16. The minimum absolute atomic E-state index is 0.00492. The maximum Gasteiger partial charge on any atom is 0.285 e. The third-order valence-electron chi connectivity index (χ3n) is 3.46. The van der Waals surface area contributed by atoms with Crippen molar-refractivity contribution in [2.24, 2.45) is 5.92 Å². The number of nitrogens with zero attached hydrogens (tertiary/aromatic N) is 1. The quantitative estimate of drug-likeness (QED) is 0.498. The number of hydrogen-bond acceptors (Lipinski definition) is 7. The molecule has 8 nitrogen and oxygen atoms in total. The molecule has 2 atom stereocenters. The van der Waals surface area contributed by atoms with Crippen LogP contribution in [0.25, 0.3) is 0 Å². The van der Waals surface area contributed by atoms with Crippen LogP contribution in [0, 0.1) is 16.0 Å². The summed E-state index contributed by atoms with van der Waals surface area (Å²) in [5, 5.41) is 15.8. The van der Waals surface area contributed by atoms with Crippen molar-refractivity contribution in [1.82, 2.24) is 10.6 Å². The molecule has 1 unspecified atom stereocenters. The van der Waals surface area contributed by atoms with Gasteiger partial charge in [-0.1, -0.05) is 32.5 Å². The van der Waals surface area contributed by atoms with E-state index in [2.05, 4.69) is 10.6 Å². The number of benzene rings is 1. The Morgan fingerprint density at radius 2 is 1.85 bits per heavy atom. The Kier molecular flexibility index (Phi) is 9.08. The second-order valence-electron chi connectivity index (χ2n) is 6.06. The van der Waals surface area contributed by atoms with Crippen LogP contribution in [0.1, 0.15) is 27.7 Å². The van der Waals surface area contributed by atoms with Crippen molar-refractivity contribution in [2.45, 2.75) is 39.8 Å². The van der Waals surface area contributed by atoms with Gasteiger partial charge in [-0.05, 0) is 30.7 Å². The van der Waals surface area contributed by atoms with E-state index in [0.29, 0.717) is 11.5 Å². The van der Waals surface area contributed by atoms with Gasteiger partial charge in [-0.15, -0.1) is 0 Å². The minimum atomic E-state index is -0.535. The molecule has 1 aromatic carbocycles. The first-order valence-electron chi connectivity index (χ1n) is 8.35. The maximum absolute atomic E-state index is 12.3. The van der Waals surface area contributed by atoms with Crippen LogP contribution in [-0.4, -0.2) is 40.5 Å². The van der Waals surface area contributed by atoms with Gasteiger partial charge in [-0.25, -0.2) is 0 Å². The van der Waals surface area contributed by atoms with Crippen molar-refractivity contribution < 1.29 is 19.2 Å². The Labute approximate surface area is 157 Å². The molecule has 0 aliphatic heterocycles. The summed E-state index contributed by atoms with van der Waals surface area (Å²) in [5.41, 5.74) is -0.00492. The number of ether oxygens (including phenoxy) is 1. The topological polar surface area (TPSA) is 111 Å². The normalized spacial score (nSPS) is 13.1. The van der Waals surface area contributed by atoms with Gasteiger partial charge in [0, 0.05) is 18.2 Å². The number of carbonyl (C=O) groups is 2. The van der Waals surface area contributed by atoms with Crippen LogP contribution < -0.4 is 15.4 Å². The van der Waals surface area contributed by atoms with Gasteiger partial charge in [0.1, 0.15) is 12.4 Å². The van der Waals surface area contributed by atoms with E-state index < -0.39 is 11.0 Å². The van der Waals surface area contributed by atoms with Gasteiger partial charge in [0.15, 0.2) is 0 Å². The van der Waals surface area contributed by atoms with Crippen LogP contribution in [0.5, 0.6) is 5.75 Å². The van der Waals surface area contributed by atoms with Gasteiger partial charge < -0.3 is 4.74 Å². The Bertz CT molecular complexity index is 621. The summed E-state index contributed by atoms with van der Waals surface area (Å²) >= 11 is 1.05. The number of nitrogens with one attached hydrogen (secondary N) is 2. The first-order chi connectivity index (χ1) is 12.2. The highest BCUT2D eigenvalue weighted by Crippen LogP contribution is 2.17. The van der Waals surface area contributed by atoms with Crippen LogP contribution in [0.15, 0.2) is 24.3 Å². The van der Waals surface area contributed by atoms with E-state index in [9.17, 15) is 19.7 Å². The van der Waals surface area contributed by atoms with Crippen molar-refractivity contribution in [3.8, 4) is 5.75 Å². The number of imide groups is 1. The smallest absolute Gasteiger partial charge is 0.285 e. The number of rotatable bonds is 9. The van der Waals surface area contributed by atoms with E-state index in [1.54, 1.807) is 0 Å². The summed E-state index contributed by atoms with van der Waals surface area (Å²) in [6.07, 6.45) is 0. The van der Waals surface area contributed by atoms with E-state index in [1.165, 1.54) is 24.3 Å². The summed E-state index contributed by atoms with van der Waals surface area (Å²) in [6, 6.07) is 5.09. The zero-order chi connectivity index (χ0) is 19.7. The molecule has 0 saturated heterocycles. The lowest BCUT2D eigenvalue weighted by atomic mass is 10.0. The fourth-order valence-corrected chi connectivity index (χ4v) is 2.59. The first-order valence-corrected chi connectivity index (χ1v) is 9.34. The Morgan fingerprint density at radius 1 is 1.23 bits per heavy atom. The van der Waals surface area contributed by atoms with E-state index in [0.717, 1.165) is 11.8 Å². The molecule has 1 rings (SSSR count). The molecule has 1 aromatic rings. The Balaban J connectivity index is 2.56. The number of non-ortho nitro benzene ring substituents is 1. The third kappa shape index (κ3) is 7.40. The second-order valence-corrected chi connectivity index (χ2v) is 7.30. The summed E-state index contributed by atoms with van der Waals surface area (Å²) in [7, 11) is 0. The molecule has 9 heteroatoms. The molecule has 144 valence electrons. The van der Waals surface area contributed by atoms with Crippen LogP contribution in [0.3, 0.4) is 0 Å². The molecule has 0 bridgehead atoms. The van der Waals surface area contributed by atoms with Crippen LogP contribution >= 0.6 is 11.8 Å². The van der Waals surface area contributed by atoms with Crippen molar-refractivity contribution in [1.29, 1.82) is 0 Å². The molecule has 0 aliphatic carbocycles. The summed E-state index contributed by atoms with van der Waals surface area (Å²) in [6.45, 7) is 7.74. The lowest BCUT2D eigenvalue weighted by Crippen LogP contribution is -2.52. The van der Waals surface area contributed by atoms with Crippen LogP contribution in [-0.2, 0) is 4.79 Å².